The number of carbonyl (C=O) groups is 5. The van der Waals surface area contributed by atoms with Gasteiger partial charge in [-0.15, -0.1) is 0 Å². The van der Waals surface area contributed by atoms with Crippen LogP contribution < -0.4 is 0 Å². The minimum Gasteiger partial charge on any atom is -0.480 e. The molecule has 0 saturated heterocycles. The fourth-order valence-electron chi connectivity index (χ4n) is 2.77. The molecule has 0 aromatic heterocycles. The van der Waals surface area contributed by atoms with Crippen LogP contribution in [0.4, 0.5) is 0 Å². The summed E-state index contributed by atoms with van der Waals surface area (Å²) in [5.74, 6) is -6.62. The van der Waals surface area contributed by atoms with Gasteiger partial charge >= 0.3 is 23.9 Å². The molecule has 1 amide bonds. The Bertz CT molecular complexity index is 567. The van der Waals surface area contributed by atoms with Gasteiger partial charge in [-0.1, -0.05) is 6.92 Å². The monoisotopic (exact) mass is 390 g/mol. The predicted molar refractivity (Wildman–Crippen MR) is 91.2 cm³/mol. The highest BCUT2D eigenvalue weighted by molar-refractivity contribution is 5.91. The summed E-state index contributed by atoms with van der Waals surface area (Å²) in [4.78, 5) is 60.1. The molecule has 0 saturated carbocycles. The molecule has 0 radical (unpaired) electrons. The van der Waals surface area contributed by atoms with Crippen LogP contribution in [0.25, 0.3) is 0 Å². The van der Waals surface area contributed by atoms with E-state index in [1.54, 1.807) is 0 Å². The highest BCUT2D eigenvalue weighted by atomic mass is 16.4. The summed E-state index contributed by atoms with van der Waals surface area (Å²) < 4.78 is 0. The largest absolute Gasteiger partial charge is 0.480 e. The normalized spacial score (nSPS) is 16.7. The SMILES string of the molecule is CCC(C(=O)N(C(C)C(=O)O)[C@@H](C)C(=O)O)N(C(C)C(=O)O)[C@@H](C)C(=O)O. The maximum atomic E-state index is 13.0. The first-order chi connectivity index (χ1) is 12.3. The van der Waals surface area contributed by atoms with Crippen molar-refractivity contribution >= 4 is 29.8 Å². The molecule has 0 heterocycles. The number of rotatable bonds is 11. The van der Waals surface area contributed by atoms with Crippen molar-refractivity contribution in [3.8, 4) is 0 Å². The van der Waals surface area contributed by atoms with Crippen LogP contribution in [-0.4, -0.2) is 90.2 Å². The van der Waals surface area contributed by atoms with E-state index in [1.165, 1.54) is 20.8 Å². The third kappa shape index (κ3) is 5.64. The number of carbonyl (C=O) groups excluding carboxylic acids is 1. The van der Waals surface area contributed by atoms with Gasteiger partial charge in [0.1, 0.15) is 24.2 Å². The van der Waals surface area contributed by atoms with E-state index >= 15 is 0 Å². The number of amides is 1. The standard InChI is InChI=1S/C16H26N2O9/c1-6-11(17(7(2)13(20)21)8(3)14(22)23)12(19)18(9(4)15(24)25)10(5)16(26)27/h7-11H,6H2,1-5H3,(H,20,21)(H,22,23)(H,24,25)(H,26,27)/t7-,8?,9-,10?,11?/m0/s1. The molecule has 11 heteroatoms. The summed E-state index contributed by atoms with van der Waals surface area (Å²) in [7, 11) is 0. The molecule has 0 aromatic rings. The second-order valence-corrected chi connectivity index (χ2v) is 6.17. The van der Waals surface area contributed by atoms with Crippen molar-refractivity contribution in [2.75, 3.05) is 0 Å². The lowest BCUT2D eigenvalue weighted by molar-refractivity contribution is -0.165. The van der Waals surface area contributed by atoms with Crippen molar-refractivity contribution < 1.29 is 44.4 Å². The second-order valence-electron chi connectivity index (χ2n) is 6.17. The summed E-state index contributed by atoms with van der Waals surface area (Å²) in [6.07, 6.45) is -0.0523. The molecule has 0 aliphatic rings. The first-order valence-corrected chi connectivity index (χ1v) is 8.30. The van der Waals surface area contributed by atoms with Gasteiger partial charge in [0.25, 0.3) is 0 Å². The van der Waals surface area contributed by atoms with Crippen LogP contribution in [0.5, 0.6) is 0 Å². The molecule has 0 bridgehead atoms. The summed E-state index contributed by atoms with van der Waals surface area (Å²) in [5, 5.41) is 37.1. The quantitative estimate of drug-likeness (QED) is 0.369. The fourth-order valence-corrected chi connectivity index (χ4v) is 2.77. The molecule has 27 heavy (non-hydrogen) atoms. The molecule has 0 spiro atoms. The number of aliphatic carboxylic acids is 4. The van der Waals surface area contributed by atoms with Crippen molar-refractivity contribution in [3.05, 3.63) is 0 Å². The van der Waals surface area contributed by atoms with E-state index < -0.39 is 60.0 Å². The number of nitrogens with zero attached hydrogens (tertiary/aromatic N) is 2. The van der Waals surface area contributed by atoms with Crippen molar-refractivity contribution in [2.45, 2.75) is 71.2 Å². The molecule has 154 valence electrons. The van der Waals surface area contributed by atoms with E-state index in [0.29, 0.717) is 4.90 Å². The van der Waals surface area contributed by atoms with Gasteiger partial charge in [0.05, 0.1) is 6.04 Å². The highest BCUT2D eigenvalue weighted by Gasteiger charge is 2.43. The van der Waals surface area contributed by atoms with Gasteiger partial charge in [0.15, 0.2) is 0 Å². The zero-order valence-corrected chi connectivity index (χ0v) is 15.8. The molecule has 0 fully saturated rings. The van der Waals surface area contributed by atoms with Crippen LogP contribution >= 0.6 is 0 Å². The van der Waals surface area contributed by atoms with Gasteiger partial charge in [-0.05, 0) is 34.1 Å². The Labute approximate surface area is 156 Å². The molecule has 0 aromatic carbocycles. The molecular weight excluding hydrogens is 364 g/mol. The molecule has 4 N–H and O–H groups in total. The van der Waals surface area contributed by atoms with Crippen LogP contribution in [0, 0.1) is 0 Å². The summed E-state index contributed by atoms with van der Waals surface area (Å²) in [6, 6.07) is -7.13. The Hall–Kier alpha value is -2.69. The van der Waals surface area contributed by atoms with Gasteiger partial charge in [-0.2, -0.15) is 0 Å². The Morgan fingerprint density at radius 1 is 0.667 bits per heavy atom. The van der Waals surface area contributed by atoms with E-state index in [9.17, 15) is 44.4 Å². The van der Waals surface area contributed by atoms with E-state index in [2.05, 4.69) is 0 Å². The smallest absolute Gasteiger partial charge is 0.326 e. The van der Waals surface area contributed by atoms with Crippen LogP contribution in [0.2, 0.25) is 0 Å². The Morgan fingerprint density at radius 3 is 1.19 bits per heavy atom. The third-order valence-electron chi connectivity index (χ3n) is 4.44. The van der Waals surface area contributed by atoms with E-state index in [4.69, 9.17) is 0 Å². The summed E-state index contributed by atoms with van der Waals surface area (Å²) in [6.45, 7) is 6.14. The molecule has 0 rings (SSSR count). The van der Waals surface area contributed by atoms with Crippen molar-refractivity contribution in [1.29, 1.82) is 0 Å². The van der Waals surface area contributed by atoms with Crippen LogP contribution in [-0.2, 0) is 24.0 Å². The number of carboxylic acids is 4. The number of carboxylic acid groups (broad SMARTS) is 4. The minimum atomic E-state index is -1.51. The average molecular weight is 390 g/mol. The predicted octanol–water partition coefficient (Wildman–Crippen LogP) is -0.212. The molecule has 0 aliphatic heterocycles. The van der Waals surface area contributed by atoms with Crippen molar-refractivity contribution in [3.63, 3.8) is 0 Å². The number of hydrogen-bond acceptors (Lipinski definition) is 6. The molecule has 11 nitrogen and oxygen atoms in total. The first kappa shape index (κ1) is 24.3. The Kier molecular flexibility index (Phi) is 8.87. The van der Waals surface area contributed by atoms with Crippen molar-refractivity contribution in [2.24, 2.45) is 0 Å². The van der Waals surface area contributed by atoms with Crippen LogP contribution in [0.15, 0.2) is 0 Å². The van der Waals surface area contributed by atoms with E-state index in [0.717, 1.165) is 18.7 Å². The zero-order chi connectivity index (χ0) is 21.6. The van der Waals surface area contributed by atoms with E-state index in [-0.39, 0.29) is 6.42 Å². The molecule has 0 aliphatic carbocycles. The zero-order valence-electron chi connectivity index (χ0n) is 15.8. The maximum absolute atomic E-state index is 13.0. The highest BCUT2D eigenvalue weighted by Crippen LogP contribution is 2.20. The van der Waals surface area contributed by atoms with Crippen LogP contribution in [0.1, 0.15) is 41.0 Å². The van der Waals surface area contributed by atoms with Crippen molar-refractivity contribution in [1.82, 2.24) is 9.80 Å². The van der Waals surface area contributed by atoms with Gasteiger partial charge in [-0.3, -0.25) is 19.3 Å². The minimum absolute atomic E-state index is 0.0523. The lowest BCUT2D eigenvalue weighted by atomic mass is 10.0. The topological polar surface area (TPSA) is 173 Å². The van der Waals surface area contributed by atoms with Gasteiger partial charge in [-0.25, -0.2) is 9.59 Å². The van der Waals surface area contributed by atoms with Gasteiger partial charge < -0.3 is 25.3 Å². The fraction of sp³-hybridized carbons (Fsp3) is 0.688. The summed E-state index contributed by atoms with van der Waals surface area (Å²) in [5.41, 5.74) is 0. The first-order valence-electron chi connectivity index (χ1n) is 8.30. The summed E-state index contributed by atoms with van der Waals surface area (Å²) >= 11 is 0. The lowest BCUT2D eigenvalue weighted by Gasteiger charge is -2.40. The maximum Gasteiger partial charge on any atom is 0.326 e. The molecular formula is C16H26N2O9. The third-order valence-corrected chi connectivity index (χ3v) is 4.44. The van der Waals surface area contributed by atoms with Gasteiger partial charge in [0.2, 0.25) is 5.91 Å². The Balaban J connectivity index is 6.25. The molecule has 5 atom stereocenters. The lowest BCUT2D eigenvalue weighted by Crippen LogP contribution is -2.62. The second kappa shape index (κ2) is 9.86. The van der Waals surface area contributed by atoms with Crippen LogP contribution in [0.3, 0.4) is 0 Å². The van der Waals surface area contributed by atoms with Gasteiger partial charge in [0, 0.05) is 0 Å². The molecule has 3 unspecified atom stereocenters. The average Bonchev–Trinajstić information content (AvgIpc) is 2.57. The number of hydrogen-bond donors (Lipinski definition) is 4. The Morgan fingerprint density at radius 2 is 0.963 bits per heavy atom. The van der Waals surface area contributed by atoms with E-state index in [1.807, 2.05) is 0 Å².